The summed E-state index contributed by atoms with van der Waals surface area (Å²) in [7, 11) is 1.22. The van der Waals surface area contributed by atoms with E-state index in [1.54, 1.807) is 11.1 Å². The van der Waals surface area contributed by atoms with Gasteiger partial charge < -0.3 is 19.9 Å². The Morgan fingerprint density at radius 1 is 1.38 bits per heavy atom. The van der Waals surface area contributed by atoms with E-state index >= 15 is 0 Å². The van der Waals surface area contributed by atoms with Crippen LogP contribution in [0.2, 0.25) is 0 Å². The van der Waals surface area contributed by atoms with Gasteiger partial charge in [-0.1, -0.05) is 0 Å². The van der Waals surface area contributed by atoms with Crippen LogP contribution >= 0.6 is 0 Å². The quantitative estimate of drug-likeness (QED) is 0.829. The second kappa shape index (κ2) is 6.57. The molecule has 1 aliphatic rings. The third-order valence-corrected chi connectivity index (χ3v) is 3.88. The van der Waals surface area contributed by atoms with Crippen LogP contribution in [-0.2, 0) is 14.3 Å². The first-order valence-corrected chi connectivity index (χ1v) is 7.41. The zero-order chi connectivity index (χ0) is 17.1. The minimum absolute atomic E-state index is 0.0227. The molecule has 2 N–H and O–H groups in total. The lowest BCUT2D eigenvalue weighted by Crippen LogP contribution is -2.54. The molecular formula is C15H17N5O4. The Morgan fingerprint density at radius 3 is 2.96 bits per heavy atom. The lowest BCUT2D eigenvalue weighted by molar-refractivity contribution is -0.136. The molecular weight excluding hydrogens is 314 g/mol. The third-order valence-electron chi connectivity index (χ3n) is 3.88. The number of hydrogen-bond donors (Lipinski definition) is 2. The summed E-state index contributed by atoms with van der Waals surface area (Å²) in [5, 5.41) is 10.1. The summed E-state index contributed by atoms with van der Waals surface area (Å²) in [5.74, 6) is -0.491. The number of aromatic nitrogens is 2. The Labute approximate surface area is 137 Å². The third kappa shape index (κ3) is 3.14. The van der Waals surface area contributed by atoms with E-state index in [1.807, 2.05) is 18.2 Å². The Hall–Kier alpha value is -3.10. The van der Waals surface area contributed by atoms with Gasteiger partial charge in [0.05, 0.1) is 18.8 Å². The molecule has 2 aromatic rings. The smallest absolute Gasteiger partial charge is 0.407 e. The van der Waals surface area contributed by atoms with Gasteiger partial charge in [-0.2, -0.15) is 5.10 Å². The van der Waals surface area contributed by atoms with Gasteiger partial charge >= 0.3 is 6.09 Å². The van der Waals surface area contributed by atoms with Crippen molar-refractivity contribution in [2.24, 2.45) is 0 Å². The lowest BCUT2D eigenvalue weighted by Gasteiger charge is -2.34. The van der Waals surface area contributed by atoms with Crippen LogP contribution < -0.4 is 10.2 Å². The molecule has 3 rings (SSSR count). The van der Waals surface area contributed by atoms with Crippen LogP contribution in [0.1, 0.15) is 0 Å². The van der Waals surface area contributed by atoms with E-state index in [0.29, 0.717) is 13.1 Å². The summed E-state index contributed by atoms with van der Waals surface area (Å²) >= 11 is 0. The minimum atomic E-state index is -0.679. The number of nitrogens with one attached hydrogen (secondary N) is 2. The molecule has 1 saturated heterocycles. The number of nitrogens with zero attached hydrogens (tertiary/aromatic N) is 3. The lowest BCUT2D eigenvalue weighted by atomic mass is 10.2. The van der Waals surface area contributed by atoms with Gasteiger partial charge in [-0.3, -0.25) is 14.7 Å². The van der Waals surface area contributed by atoms with Gasteiger partial charge in [0.2, 0.25) is 11.8 Å². The molecule has 0 atom stereocenters. The van der Waals surface area contributed by atoms with Crippen molar-refractivity contribution in [3.05, 3.63) is 24.4 Å². The number of carbonyl (C=O) groups excluding carboxylic acids is 3. The van der Waals surface area contributed by atoms with E-state index in [1.165, 1.54) is 12.0 Å². The average Bonchev–Trinajstić information content (AvgIpc) is 3.06. The molecule has 9 nitrogen and oxygen atoms in total. The highest BCUT2D eigenvalue weighted by atomic mass is 16.5. The van der Waals surface area contributed by atoms with Crippen molar-refractivity contribution in [1.82, 2.24) is 20.4 Å². The second-order valence-corrected chi connectivity index (χ2v) is 5.35. The molecule has 0 radical (unpaired) electrons. The summed E-state index contributed by atoms with van der Waals surface area (Å²) in [6, 6.07) is 5.59. The number of anilines is 1. The van der Waals surface area contributed by atoms with Gasteiger partial charge in [0.25, 0.3) is 0 Å². The molecule has 0 unspecified atom stereocenters. The number of fused-ring (bicyclic) bond motifs is 1. The molecule has 2 heterocycles. The number of amides is 3. The molecule has 9 heteroatoms. The molecule has 0 spiro atoms. The van der Waals surface area contributed by atoms with E-state index < -0.39 is 6.09 Å². The fourth-order valence-electron chi connectivity index (χ4n) is 2.59. The van der Waals surface area contributed by atoms with Gasteiger partial charge in [0.15, 0.2) is 0 Å². The number of H-pyrrole nitrogens is 1. The number of hydrogen-bond acceptors (Lipinski definition) is 5. The van der Waals surface area contributed by atoms with E-state index in [2.05, 4.69) is 20.3 Å². The first-order valence-electron chi connectivity index (χ1n) is 7.41. The number of alkyl carbamates (subject to hydrolysis) is 1. The predicted molar refractivity (Wildman–Crippen MR) is 85.4 cm³/mol. The van der Waals surface area contributed by atoms with E-state index in [0.717, 1.165) is 16.6 Å². The number of rotatable bonds is 3. The highest BCUT2D eigenvalue weighted by Crippen LogP contribution is 2.22. The SMILES string of the molecule is COC(=O)NCC(=O)N1CCN(c2ccc3[nH]ncc3c2)C(=O)C1. The Balaban J connectivity index is 1.63. The van der Waals surface area contributed by atoms with Gasteiger partial charge in [-0.25, -0.2) is 4.79 Å². The topological polar surface area (TPSA) is 108 Å². The molecule has 3 amide bonds. The largest absolute Gasteiger partial charge is 0.453 e. The first-order chi connectivity index (χ1) is 11.6. The monoisotopic (exact) mass is 331 g/mol. The molecule has 0 aliphatic carbocycles. The van der Waals surface area contributed by atoms with Gasteiger partial charge in [-0.05, 0) is 18.2 Å². The maximum atomic E-state index is 12.4. The van der Waals surface area contributed by atoms with Crippen LogP contribution in [0.4, 0.5) is 10.5 Å². The number of piperazine rings is 1. The minimum Gasteiger partial charge on any atom is -0.453 e. The van der Waals surface area contributed by atoms with E-state index in [4.69, 9.17) is 0 Å². The summed E-state index contributed by atoms with van der Waals surface area (Å²) in [4.78, 5) is 38.5. The van der Waals surface area contributed by atoms with Crippen molar-refractivity contribution in [2.45, 2.75) is 0 Å². The van der Waals surface area contributed by atoms with Crippen molar-refractivity contribution >= 4 is 34.5 Å². The number of carbonyl (C=O) groups is 3. The van der Waals surface area contributed by atoms with Crippen molar-refractivity contribution in [1.29, 1.82) is 0 Å². The van der Waals surface area contributed by atoms with Crippen LogP contribution in [0.5, 0.6) is 0 Å². The van der Waals surface area contributed by atoms with Crippen molar-refractivity contribution in [3.63, 3.8) is 0 Å². The zero-order valence-corrected chi connectivity index (χ0v) is 13.1. The average molecular weight is 331 g/mol. The molecule has 1 aromatic carbocycles. The van der Waals surface area contributed by atoms with Crippen LogP contribution in [0.25, 0.3) is 10.9 Å². The van der Waals surface area contributed by atoms with Crippen LogP contribution in [-0.4, -0.2) is 66.3 Å². The fourth-order valence-corrected chi connectivity index (χ4v) is 2.59. The first kappa shape index (κ1) is 15.8. The van der Waals surface area contributed by atoms with Gasteiger partial charge in [0.1, 0.15) is 13.1 Å². The molecule has 1 aromatic heterocycles. The van der Waals surface area contributed by atoms with E-state index in [9.17, 15) is 14.4 Å². The zero-order valence-electron chi connectivity index (χ0n) is 13.1. The normalized spacial score (nSPS) is 14.8. The summed E-state index contributed by atoms with van der Waals surface area (Å²) < 4.78 is 4.41. The molecule has 0 bridgehead atoms. The summed E-state index contributed by atoms with van der Waals surface area (Å²) in [6.45, 7) is 0.578. The standard InChI is InChI=1S/C15H17N5O4/c1-24-15(23)16-8-13(21)19-4-5-20(14(22)9-19)11-2-3-12-10(6-11)7-17-18-12/h2-3,6-7H,4-5,8-9H2,1H3,(H,16,23)(H,17,18). The highest BCUT2D eigenvalue weighted by Gasteiger charge is 2.28. The Kier molecular flexibility index (Phi) is 4.32. The maximum absolute atomic E-state index is 12.4. The van der Waals surface area contributed by atoms with Crippen molar-refractivity contribution < 1.29 is 19.1 Å². The van der Waals surface area contributed by atoms with Crippen molar-refractivity contribution in [2.75, 3.05) is 38.2 Å². The number of methoxy groups -OCH3 is 1. The number of ether oxygens (including phenoxy) is 1. The number of benzene rings is 1. The van der Waals surface area contributed by atoms with Crippen LogP contribution in [0.15, 0.2) is 24.4 Å². The summed E-state index contributed by atoms with van der Waals surface area (Å²) in [6.07, 6.45) is 1.02. The molecule has 1 fully saturated rings. The Morgan fingerprint density at radius 2 is 2.21 bits per heavy atom. The predicted octanol–water partition coefficient (Wildman–Crippen LogP) is 0.0941. The van der Waals surface area contributed by atoms with Crippen LogP contribution in [0.3, 0.4) is 0 Å². The van der Waals surface area contributed by atoms with Crippen molar-refractivity contribution in [3.8, 4) is 0 Å². The molecule has 24 heavy (non-hydrogen) atoms. The highest BCUT2D eigenvalue weighted by molar-refractivity contribution is 5.99. The fraction of sp³-hybridized carbons (Fsp3) is 0.333. The molecule has 126 valence electrons. The van der Waals surface area contributed by atoms with Gasteiger partial charge in [-0.15, -0.1) is 0 Å². The number of aromatic amines is 1. The van der Waals surface area contributed by atoms with E-state index in [-0.39, 0.29) is 24.9 Å². The molecule has 0 saturated carbocycles. The van der Waals surface area contributed by atoms with Crippen LogP contribution in [0, 0.1) is 0 Å². The summed E-state index contributed by atoms with van der Waals surface area (Å²) in [5.41, 5.74) is 1.67. The maximum Gasteiger partial charge on any atom is 0.407 e. The second-order valence-electron chi connectivity index (χ2n) is 5.35. The Bertz CT molecular complexity index is 787. The van der Waals surface area contributed by atoms with Gasteiger partial charge in [0, 0.05) is 24.2 Å². The molecule has 1 aliphatic heterocycles.